The second kappa shape index (κ2) is 7.81. The van der Waals surface area contributed by atoms with Crippen LogP contribution >= 0.6 is 0 Å². The number of likely N-dealkylation sites (tertiary alicyclic amines) is 1. The van der Waals surface area contributed by atoms with E-state index in [1.54, 1.807) is 4.90 Å². The van der Waals surface area contributed by atoms with Gasteiger partial charge in [-0.15, -0.1) is 0 Å². The fraction of sp³-hybridized carbons (Fsp3) is 0.556. The molecule has 1 aromatic carbocycles. The lowest BCUT2D eigenvalue weighted by Crippen LogP contribution is -2.42. The van der Waals surface area contributed by atoms with E-state index < -0.39 is 34.7 Å². The fourth-order valence-electron chi connectivity index (χ4n) is 3.21. The molecule has 0 N–H and O–H groups in total. The number of rotatable bonds is 5. The molecule has 0 aliphatic carbocycles. The molecule has 1 saturated heterocycles. The standard InChI is InChI=1S/C18H22F3NO2/c1-3-4-11(2)18(24)22-7-5-12(6-8-22)17(23)16-14(20)9-13(19)10-15(16)21/h9-12H,3-8H2,1-2H3. The summed E-state index contributed by atoms with van der Waals surface area (Å²) in [6.07, 6.45) is 2.45. The molecule has 1 aliphatic rings. The summed E-state index contributed by atoms with van der Waals surface area (Å²) in [5.74, 6) is -4.60. The van der Waals surface area contributed by atoms with Crippen molar-refractivity contribution in [2.75, 3.05) is 13.1 Å². The molecule has 1 amide bonds. The van der Waals surface area contributed by atoms with Crippen LogP contribution in [-0.2, 0) is 4.79 Å². The van der Waals surface area contributed by atoms with Gasteiger partial charge >= 0.3 is 0 Å². The minimum Gasteiger partial charge on any atom is -0.342 e. The van der Waals surface area contributed by atoms with Crippen molar-refractivity contribution in [3.05, 3.63) is 35.1 Å². The van der Waals surface area contributed by atoms with Crippen LogP contribution in [0, 0.1) is 29.3 Å². The molecule has 0 aromatic heterocycles. The van der Waals surface area contributed by atoms with Gasteiger partial charge in [-0.25, -0.2) is 13.2 Å². The topological polar surface area (TPSA) is 37.4 Å². The van der Waals surface area contributed by atoms with E-state index in [1.165, 1.54) is 0 Å². The van der Waals surface area contributed by atoms with Gasteiger partial charge in [0.2, 0.25) is 5.91 Å². The first kappa shape index (κ1) is 18.5. The molecular weight excluding hydrogens is 319 g/mol. The summed E-state index contributed by atoms with van der Waals surface area (Å²) in [5.41, 5.74) is -0.680. The van der Waals surface area contributed by atoms with Gasteiger partial charge in [-0.05, 0) is 19.3 Å². The number of halogens is 3. The Balaban J connectivity index is 2.02. The quantitative estimate of drug-likeness (QED) is 0.760. The van der Waals surface area contributed by atoms with Crippen LogP contribution < -0.4 is 0 Å². The highest BCUT2D eigenvalue weighted by Crippen LogP contribution is 2.26. The number of amides is 1. The number of piperidine rings is 1. The monoisotopic (exact) mass is 341 g/mol. The minimum absolute atomic E-state index is 0.0573. The van der Waals surface area contributed by atoms with E-state index in [0.717, 1.165) is 12.8 Å². The Labute approximate surface area is 139 Å². The van der Waals surface area contributed by atoms with Crippen LogP contribution in [0.1, 0.15) is 49.9 Å². The minimum atomic E-state index is -1.17. The average molecular weight is 341 g/mol. The van der Waals surface area contributed by atoms with Gasteiger partial charge in [-0.1, -0.05) is 20.3 Å². The third kappa shape index (κ3) is 3.97. The van der Waals surface area contributed by atoms with Gasteiger partial charge in [-0.3, -0.25) is 9.59 Å². The Morgan fingerprint density at radius 1 is 1.17 bits per heavy atom. The van der Waals surface area contributed by atoms with E-state index in [9.17, 15) is 22.8 Å². The number of Topliss-reactive ketones (excluding diaryl/α,β-unsaturated/α-hetero) is 1. The van der Waals surface area contributed by atoms with Crippen molar-refractivity contribution in [2.24, 2.45) is 11.8 Å². The fourth-order valence-corrected chi connectivity index (χ4v) is 3.21. The molecule has 1 fully saturated rings. The maximum absolute atomic E-state index is 13.7. The Bertz CT molecular complexity index is 602. The first-order valence-electron chi connectivity index (χ1n) is 8.32. The molecule has 1 atom stereocenters. The van der Waals surface area contributed by atoms with Crippen molar-refractivity contribution >= 4 is 11.7 Å². The highest BCUT2D eigenvalue weighted by atomic mass is 19.1. The third-order valence-corrected chi connectivity index (χ3v) is 4.57. The Morgan fingerprint density at radius 2 is 1.71 bits per heavy atom. The largest absolute Gasteiger partial charge is 0.342 e. The first-order valence-corrected chi connectivity index (χ1v) is 8.32. The zero-order valence-electron chi connectivity index (χ0n) is 13.9. The molecule has 1 heterocycles. The summed E-state index contributed by atoms with van der Waals surface area (Å²) >= 11 is 0. The molecule has 3 nitrogen and oxygen atoms in total. The maximum Gasteiger partial charge on any atom is 0.225 e. The Kier molecular flexibility index (Phi) is 6.02. The molecular formula is C18H22F3NO2. The lowest BCUT2D eigenvalue weighted by atomic mass is 9.88. The highest BCUT2D eigenvalue weighted by molar-refractivity contribution is 5.98. The SMILES string of the molecule is CCCC(C)C(=O)N1CCC(C(=O)c2c(F)cc(F)cc2F)CC1. The van der Waals surface area contributed by atoms with E-state index in [-0.39, 0.29) is 11.8 Å². The summed E-state index contributed by atoms with van der Waals surface area (Å²) in [5, 5.41) is 0. The van der Waals surface area contributed by atoms with Crippen molar-refractivity contribution in [2.45, 2.75) is 39.5 Å². The van der Waals surface area contributed by atoms with Crippen molar-refractivity contribution in [3.8, 4) is 0 Å². The molecule has 24 heavy (non-hydrogen) atoms. The molecule has 1 aliphatic heterocycles. The second-order valence-electron chi connectivity index (χ2n) is 6.40. The number of hydrogen-bond donors (Lipinski definition) is 0. The number of ketones is 1. The molecule has 2 rings (SSSR count). The number of carbonyl (C=O) groups excluding carboxylic acids is 2. The summed E-state index contributed by atoms with van der Waals surface area (Å²) in [6.45, 7) is 4.69. The van der Waals surface area contributed by atoms with Crippen LogP contribution in [0.3, 0.4) is 0 Å². The Hall–Kier alpha value is -1.85. The third-order valence-electron chi connectivity index (χ3n) is 4.57. The number of hydrogen-bond acceptors (Lipinski definition) is 2. The van der Waals surface area contributed by atoms with Crippen LogP contribution in [0.4, 0.5) is 13.2 Å². The maximum atomic E-state index is 13.7. The summed E-state index contributed by atoms with van der Waals surface area (Å²) in [7, 11) is 0. The van der Waals surface area contributed by atoms with Gasteiger partial charge in [0.05, 0.1) is 5.56 Å². The van der Waals surface area contributed by atoms with E-state index in [2.05, 4.69) is 0 Å². The van der Waals surface area contributed by atoms with Crippen molar-refractivity contribution < 1.29 is 22.8 Å². The molecule has 1 unspecified atom stereocenters. The van der Waals surface area contributed by atoms with E-state index in [0.29, 0.717) is 38.1 Å². The summed E-state index contributed by atoms with van der Waals surface area (Å²) < 4.78 is 40.5. The number of benzene rings is 1. The summed E-state index contributed by atoms with van der Waals surface area (Å²) in [4.78, 5) is 26.3. The lowest BCUT2D eigenvalue weighted by Gasteiger charge is -2.33. The predicted octanol–water partition coefficient (Wildman–Crippen LogP) is 3.96. The van der Waals surface area contributed by atoms with E-state index >= 15 is 0 Å². The highest BCUT2D eigenvalue weighted by Gasteiger charge is 2.32. The molecule has 6 heteroatoms. The van der Waals surface area contributed by atoms with Crippen LogP contribution in [0.5, 0.6) is 0 Å². The molecule has 1 aromatic rings. The molecule has 0 saturated carbocycles. The predicted molar refractivity (Wildman–Crippen MR) is 84.0 cm³/mol. The lowest BCUT2D eigenvalue weighted by molar-refractivity contribution is -0.136. The first-order chi connectivity index (χ1) is 11.3. The van der Waals surface area contributed by atoms with E-state index in [4.69, 9.17) is 0 Å². The Morgan fingerprint density at radius 3 is 2.21 bits per heavy atom. The van der Waals surface area contributed by atoms with Gasteiger partial charge < -0.3 is 4.90 Å². The normalized spacial score (nSPS) is 17.0. The van der Waals surface area contributed by atoms with Gasteiger partial charge in [0, 0.05) is 37.1 Å². The zero-order valence-corrected chi connectivity index (χ0v) is 13.9. The van der Waals surface area contributed by atoms with Crippen LogP contribution in [-0.4, -0.2) is 29.7 Å². The van der Waals surface area contributed by atoms with Gasteiger partial charge in [0.1, 0.15) is 17.5 Å². The van der Waals surface area contributed by atoms with Gasteiger partial charge in [0.25, 0.3) is 0 Å². The zero-order chi connectivity index (χ0) is 17.9. The van der Waals surface area contributed by atoms with Crippen molar-refractivity contribution in [3.63, 3.8) is 0 Å². The van der Waals surface area contributed by atoms with E-state index in [1.807, 2.05) is 13.8 Å². The molecule has 0 spiro atoms. The van der Waals surface area contributed by atoms with Crippen LogP contribution in [0.2, 0.25) is 0 Å². The molecule has 132 valence electrons. The smallest absolute Gasteiger partial charge is 0.225 e. The van der Waals surface area contributed by atoms with Crippen LogP contribution in [0.25, 0.3) is 0 Å². The second-order valence-corrected chi connectivity index (χ2v) is 6.40. The average Bonchev–Trinajstić information content (AvgIpc) is 2.53. The molecule has 0 bridgehead atoms. The van der Waals surface area contributed by atoms with Crippen LogP contribution in [0.15, 0.2) is 12.1 Å². The number of carbonyl (C=O) groups is 2. The molecule has 0 radical (unpaired) electrons. The number of nitrogens with zero attached hydrogens (tertiary/aromatic N) is 1. The van der Waals surface area contributed by atoms with Crippen molar-refractivity contribution in [1.82, 2.24) is 4.90 Å². The van der Waals surface area contributed by atoms with Crippen molar-refractivity contribution in [1.29, 1.82) is 0 Å². The summed E-state index contributed by atoms with van der Waals surface area (Å²) in [6, 6.07) is 1.03. The van der Waals surface area contributed by atoms with Gasteiger partial charge in [-0.2, -0.15) is 0 Å². The van der Waals surface area contributed by atoms with Gasteiger partial charge in [0.15, 0.2) is 5.78 Å².